The molecule has 0 spiro atoms. The fraction of sp³-hybridized carbons (Fsp3) is 0.333. The number of amides is 1. The largest absolute Gasteiger partial charge is 0.497 e. The first-order chi connectivity index (χ1) is 9.74. The highest BCUT2D eigenvalue weighted by atomic mass is 16.5. The lowest BCUT2D eigenvalue weighted by Crippen LogP contribution is -2.46. The molecule has 0 bridgehead atoms. The molecule has 104 valence electrons. The Balaban J connectivity index is 2.20. The molecule has 1 fully saturated rings. The van der Waals surface area contributed by atoms with Crippen molar-refractivity contribution in [3.05, 3.63) is 35.4 Å². The van der Waals surface area contributed by atoms with Gasteiger partial charge in [0.2, 0.25) is 0 Å². The number of methoxy groups -OCH3 is 1. The average molecular weight is 271 g/mol. The lowest BCUT2D eigenvalue weighted by molar-refractivity contribution is -0.127. The smallest absolute Gasteiger partial charge is 0.264 e. The van der Waals surface area contributed by atoms with E-state index < -0.39 is 0 Å². The van der Waals surface area contributed by atoms with Gasteiger partial charge in [0.05, 0.1) is 7.11 Å². The summed E-state index contributed by atoms with van der Waals surface area (Å²) in [6.07, 6.45) is 1.60. The Bertz CT molecular complexity index is 554. The lowest BCUT2D eigenvalue weighted by Gasteiger charge is -2.27. The monoisotopic (exact) mass is 271 g/mol. The van der Waals surface area contributed by atoms with Gasteiger partial charge in [0.15, 0.2) is 0 Å². The molecule has 20 heavy (non-hydrogen) atoms. The van der Waals surface area contributed by atoms with Crippen molar-refractivity contribution in [2.45, 2.75) is 0 Å². The van der Waals surface area contributed by atoms with Crippen LogP contribution in [0, 0.1) is 11.3 Å². The highest BCUT2D eigenvalue weighted by Gasteiger charge is 2.19. The molecule has 1 aliphatic rings. The molecule has 1 N–H and O–H groups in total. The van der Waals surface area contributed by atoms with Gasteiger partial charge >= 0.3 is 0 Å². The molecule has 1 heterocycles. The van der Waals surface area contributed by atoms with Crippen molar-refractivity contribution in [1.29, 1.82) is 5.26 Å². The number of hydrogen-bond donors (Lipinski definition) is 1. The molecule has 1 saturated heterocycles. The first-order valence-corrected chi connectivity index (χ1v) is 6.50. The number of carbonyl (C=O) groups is 1. The summed E-state index contributed by atoms with van der Waals surface area (Å²) < 4.78 is 5.13. The minimum atomic E-state index is -0.211. The van der Waals surface area contributed by atoms with Crippen molar-refractivity contribution < 1.29 is 9.53 Å². The van der Waals surface area contributed by atoms with E-state index in [0.717, 1.165) is 18.7 Å². The molecule has 0 atom stereocenters. The Morgan fingerprint density at radius 3 is 2.85 bits per heavy atom. The normalized spacial score (nSPS) is 15.6. The van der Waals surface area contributed by atoms with Crippen LogP contribution in [0.4, 0.5) is 0 Å². The third kappa shape index (κ3) is 3.37. The summed E-state index contributed by atoms with van der Waals surface area (Å²) in [4.78, 5) is 14.0. The molecule has 0 saturated carbocycles. The van der Waals surface area contributed by atoms with Gasteiger partial charge in [-0.25, -0.2) is 0 Å². The summed E-state index contributed by atoms with van der Waals surface area (Å²) >= 11 is 0. The van der Waals surface area contributed by atoms with Gasteiger partial charge in [0, 0.05) is 26.2 Å². The zero-order valence-electron chi connectivity index (χ0n) is 11.4. The van der Waals surface area contributed by atoms with Gasteiger partial charge in [-0.2, -0.15) is 5.26 Å². The van der Waals surface area contributed by atoms with Gasteiger partial charge < -0.3 is 15.0 Å². The summed E-state index contributed by atoms with van der Waals surface area (Å²) in [5, 5.41) is 12.4. The predicted octanol–water partition coefficient (Wildman–Crippen LogP) is 1.03. The molecule has 0 aliphatic carbocycles. The summed E-state index contributed by atoms with van der Waals surface area (Å²) in [7, 11) is 1.58. The molecule has 0 unspecified atom stereocenters. The van der Waals surface area contributed by atoms with E-state index in [9.17, 15) is 10.1 Å². The van der Waals surface area contributed by atoms with Gasteiger partial charge in [0.25, 0.3) is 5.91 Å². The second-order valence-electron chi connectivity index (χ2n) is 4.49. The molecule has 0 aromatic heterocycles. The third-order valence-electron chi connectivity index (χ3n) is 3.16. The Morgan fingerprint density at radius 1 is 1.45 bits per heavy atom. The fourth-order valence-corrected chi connectivity index (χ4v) is 2.08. The van der Waals surface area contributed by atoms with E-state index >= 15 is 0 Å². The third-order valence-corrected chi connectivity index (χ3v) is 3.16. The van der Waals surface area contributed by atoms with Crippen LogP contribution in [0.1, 0.15) is 5.56 Å². The molecular weight excluding hydrogens is 254 g/mol. The predicted molar refractivity (Wildman–Crippen MR) is 76.0 cm³/mol. The average Bonchev–Trinajstić information content (AvgIpc) is 2.53. The topological polar surface area (TPSA) is 65.4 Å². The van der Waals surface area contributed by atoms with Crippen LogP contribution in [0.2, 0.25) is 0 Å². The summed E-state index contributed by atoms with van der Waals surface area (Å²) in [5.41, 5.74) is 0.935. The first-order valence-electron chi connectivity index (χ1n) is 6.50. The molecular formula is C15H17N3O2. The van der Waals surface area contributed by atoms with Crippen LogP contribution in [-0.2, 0) is 4.79 Å². The Labute approximate surface area is 118 Å². The van der Waals surface area contributed by atoms with Crippen LogP contribution in [0.25, 0.3) is 6.08 Å². The van der Waals surface area contributed by atoms with Crippen molar-refractivity contribution in [3.8, 4) is 11.8 Å². The maximum absolute atomic E-state index is 12.3. The molecule has 1 aromatic rings. The van der Waals surface area contributed by atoms with E-state index in [1.807, 2.05) is 24.3 Å². The maximum atomic E-state index is 12.3. The highest BCUT2D eigenvalue weighted by Crippen LogP contribution is 2.16. The Morgan fingerprint density at radius 2 is 2.20 bits per heavy atom. The fourth-order valence-electron chi connectivity index (χ4n) is 2.08. The molecule has 2 rings (SSSR count). The van der Waals surface area contributed by atoms with Crippen LogP contribution >= 0.6 is 0 Å². The van der Waals surface area contributed by atoms with Gasteiger partial charge in [-0.3, -0.25) is 4.79 Å². The molecule has 1 amide bonds. The molecule has 1 aromatic carbocycles. The summed E-state index contributed by atoms with van der Waals surface area (Å²) in [6, 6.07) is 9.28. The van der Waals surface area contributed by atoms with Gasteiger partial charge in [-0.15, -0.1) is 0 Å². The molecule has 0 radical (unpaired) electrons. The van der Waals surface area contributed by atoms with Crippen molar-refractivity contribution in [2.75, 3.05) is 33.3 Å². The zero-order chi connectivity index (χ0) is 14.4. The number of rotatable bonds is 3. The van der Waals surface area contributed by atoms with E-state index in [0.29, 0.717) is 18.8 Å². The van der Waals surface area contributed by atoms with Gasteiger partial charge in [-0.1, -0.05) is 12.1 Å². The number of hydrogen-bond acceptors (Lipinski definition) is 4. The molecule has 1 aliphatic heterocycles. The number of carbonyl (C=O) groups excluding carboxylic acids is 1. The van der Waals surface area contributed by atoms with Gasteiger partial charge in [-0.05, 0) is 23.8 Å². The SMILES string of the molecule is COc1cccc(/C=C(\C#N)C(=O)N2CCNCC2)c1. The first kappa shape index (κ1) is 14.1. The number of benzene rings is 1. The zero-order valence-corrected chi connectivity index (χ0v) is 11.4. The van der Waals surface area contributed by atoms with Crippen LogP contribution in [0.5, 0.6) is 5.75 Å². The van der Waals surface area contributed by atoms with Crippen molar-refractivity contribution in [1.82, 2.24) is 10.2 Å². The van der Waals surface area contributed by atoms with Crippen LogP contribution < -0.4 is 10.1 Å². The minimum absolute atomic E-state index is 0.153. The number of nitriles is 1. The molecule has 5 nitrogen and oxygen atoms in total. The number of ether oxygens (including phenoxy) is 1. The Hall–Kier alpha value is -2.32. The van der Waals surface area contributed by atoms with E-state index in [1.54, 1.807) is 24.2 Å². The summed E-state index contributed by atoms with van der Waals surface area (Å²) in [6.45, 7) is 2.80. The van der Waals surface area contributed by atoms with Crippen molar-refractivity contribution >= 4 is 12.0 Å². The second kappa shape index (κ2) is 6.73. The minimum Gasteiger partial charge on any atom is -0.497 e. The lowest BCUT2D eigenvalue weighted by atomic mass is 10.1. The Kier molecular flexibility index (Phi) is 4.75. The summed E-state index contributed by atoms with van der Waals surface area (Å²) in [5.74, 6) is 0.488. The van der Waals surface area contributed by atoms with E-state index in [2.05, 4.69) is 5.32 Å². The standard InChI is InChI=1S/C15H17N3O2/c1-20-14-4-2-3-12(10-14)9-13(11-16)15(19)18-7-5-17-6-8-18/h2-4,9-10,17H,5-8H2,1H3/b13-9+. The van der Waals surface area contributed by atoms with Crippen molar-refractivity contribution in [3.63, 3.8) is 0 Å². The number of nitrogens with zero attached hydrogens (tertiary/aromatic N) is 2. The van der Waals surface area contributed by atoms with Crippen LogP contribution in [-0.4, -0.2) is 44.1 Å². The van der Waals surface area contributed by atoms with Crippen LogP contribution in [0.15, 0.2) is 29.8 Å². The quantitative estimate of drug-likeness (QED) is 0.659. The van der Waals surface area contributed by atoms with Crippen LogP contribution in [0.3, 0.4) is 0 Å². The molecule has 5 heteroatoms. The highest BCUT2D eigenvalue weighted by molar-refractivity contribution is 6.01. The van der Waals surface area contributed by atoms with E-state index in [1.165, 1.54) is 0 Å². The second-order valence-corrected chi connectivity index (χ2v) is 4.49. The number of piperazine rings is 1. The maximum Gasteiger partial charge on any atom is 0.264 e. The van der Waals surface area contributed by atoms with E-state index in [-0.39, 0.29) is 11.5 Å². The van der Waals surface area contributed by atoms with Crippen molar-refractivity contribution in [2.24, 2.45) is 0 Å². The van der Waals surface area contributed by atoms with E-state index in [4.69, 9.17) is 4.74 Å². The van der Waals surface area contributed by atoms with Gasteiger partial charge in [0.1, 0.15) is 17.4 Å². The number of nitrogens with one attached hydrogen (secondary N) is 1.